The quantitative estimate of drug-likeness (QED) is 0.766. The third-order valence-corrected chi connectivity index (χ3v) is 2.20. The van der Waals surface area contributed by atoms with E-state index in [0.29, 0.717) is 18.4 Å². The van der Waals surface area contributed by atoms with Gasteiger partial charge in [0.25, 0.3) is 0 Å². The minimum Gasteiger partial charge on any atom is -0.478 e. The highest BCUT2D eigenvalue weighted by atomic mass is 16.5. The largest absolute Gasteiger partial charge is 0.478 e. The SMILES string of the molecule is C#CC(CCC)Nc1nc(C)cc(OCC)n1. The molecule has 0 amide bonds. The second kappa shape index (κ2) is 6.74. The Balaban J connectivity index is 2.79. The van der Waals surface area contributed by atoms with E-state index in [1.165, 1.54) is 0 Å². The number of aromatic nitrogens is 2. The molecule has 0 fully saturated rings. The van der Waals surface area contributed by atoms with Gasteiger partial charge in [0.05, 0.1) is 12.6 Å². The third-order valence-electron chi connectivity index (χ3n) is 2.20. The first-order valence-corrected chi connectivity index (χ1v) is 5.90. The summed E-state index contributed by atoms with van der Waals surface area (Å²) >= 11 is 0. The average molecular weight is 233 g/mol. The van der Waals surface area contributed by atoms with Crippen LogP contribution in [0.1, 0.15) is 32.4 Å². The number of nitrogens with zero attached hydrogens (tertiary/aromatic N) is 2. The summed E-state index contributed by atoms with van der Waals surface area (Å²) in [6.45, 7) is 6.50. The maximum Gasteiger partial charge on any atom is 0.227 e. The number of hydrogen-bond donors (Lipinski definition) is 1. The van der Waals surface area contributed by atoms with E-state index < -0.39 is 0 Å². The second-order valence-electron chi connectivity index (χ2n) is 3.76. The summed E-state index contributed by atoms with van der Waals surface area (Å²) in [4.78, 5) is 8.54. The molecule has 0 saturated heterocycles. The van der Waals surface area contributed by atoms with E-state index in [1.807, 2.05) is 13.8 Å². The van der Waals surface area contributed by atoms with Crippen LogP contribution >= 0.6 is 0 Å². The lowest BCUT2D eigenvalue weighted by atomic mass is 10.2. The molecule has 0 aromatic carbocycles. The molecule has 4 heteroatoms. The summed E-state index contributed by atoms with van der Waals surface area (Å²) in [5, 5.41) is 3.13. The molecule has 0 radical (unpaired) electrons. The highest BCUT2D eigenvalue weighted by molar-refractivity contribution is 5.34. The number of rotatable bonds is 6. The molecule has 1 heterocycles. The van der Waals surface area contributed by atoms with Crippen molar-refractivity contribution in [1.29, 1.82) is 0 Å². The molecule has 0 bridgehead atoms. The topological polar surface area (TPSA) is 47.0 Å². The molecule has 0 aliphatic heterocycles. The van der Waals surface area contributed by atoms with E-state index in [1.54, 1.807) is 6.07 Å². The molecular formula is C13H19N3O. The standard InChI is InChI=1S/C13H19N3O/c1-5-8-11(6-2)15-13-14-10(4)9-12(16-13)17-7-3/h2,9,11H,5,7-8H2,1,3-4H3,(H,14,15,16). The van der Waals surface area contributed by atoms with Crippen molar-refractivity contribution in [3.8, 4) is 18.2 Å². The Bertz CT molecular complexity index is 398. The zero-order chi connectivity index (χ0) is 12.7. The van der Waals surface area contributed by atoms with Crippen molar-refractivity contribution in [1.82, 2.24) is 9.97 Å². The Labute approximate surface area is 103 Å². The van der Waals surface area contributed by atoms with E-state index in [4.69, 9.17) is 11.2 Å². The molecular weight excluding hydrogens is 214 g/mol. The lowest BCUT2D eigenvalue weighted by Crippen LogP contribution is -2.19. The fourth-order valence-electron chi connectivity index (χ4n) is 1.47. The van der Waals surface area contributed by atoms with Crippen molar-refractivity contribution in [3.63, 3.8) is 0 Å². The zero-order valence-corrected chi connectivity index (χ0v) is 10.7. The Morgan fingerprint density at radius 3 is 2.82 bits per heavy atom. The predicted octanol–water partition coefficient (Wildman–Crippen LogP) is 2.40. The Kier molecular flexibility index (Phi) is 5.28. The van der Waals surface area contributed by atoms with E-state index in [-0.39, 0.29) is 6.04 Å². The van der Waals surface area contributed by atoms with Crippen LogP contribution in [0.5, 0.6) is 5.88 Å². The van der Waals surface area contributed by atoms with Crippen LogP contribution in [-0.2, 0) is 0 Å². The maximum atomic E-state index is 5.44. The molecule has 17 heavy (non-hydrogen) atoms. The number of ether oxygens (including phenoxy) is 1. The summed E-state index contributed by atoms with van der Waals surface area (Å²) in [6, 6.07) is 1.77. The molecule has 1 unspecified atom stereocenters. The van der Waals surface area contributed by atoms with Crippen molar-refractivity contribution in [2.75, 3.05) is 11.9 Å². The van der Waals surface area contributed by atoms with Crippen LogP contribution in [-0.4, -0.2) is 22.6 Å². The van der Waals surface area contributed by atoms with E-state index in [2.05, 4.69) is 28.1 Å². The first-order chi connectivity index (χ1) is 8.19. The maximum absolute atomic E-state index is 5.44. The van der Waals surface area contributed by atoms with Gasteiger partial charge in [-0.1, -0.05) is 19.3 Å². The van der Waals surface area contributed by atoms with Crippen LogP contribution in [0.15, 0.2) is 6.07 Å². The van der Waals surface area contributed by atoms with Crippen LogP contribution in [0.2, 0.25) is 0 Å². The van der Waals surface area contributed by atoms with Crippen molar-refractivity contribution in [2.45, 2.75) is 39.7 Å². The van der Waals surface area contributed by atoms with Crippen molar-refractivity contribution < 1.29 is 4.74 Å². The minimum absolute atomic E-state index is 0.0312. The third kappa shape index (κ3) is 4.31. The molecule has 4 nitrogen and oxygen atoms in total. The lowest BCUT2D eigenvalue weighted by molar-refractivity contribution is 0.326. The smallest absolute Gasteiger partial charge is 0.227 e. The molecule has 1 rings (SSSR count). The van der Waals surface area contributed by atoms with E-state index in [9.17, 15) is 0 Å². The van der Waals surface area contributed by atoms with Gasteiger partial charge in [0.1, 0.15) is 0 Å². The summed E-state index contributed by atoms with van der Waals surface area (Å²) in [5.74, 6) is 3.80. The minimum atomic E-state index is -0.0312. The molecule has 1 N–H and O–H groups in total. The first-order valence-electron chi connectivity index (χ1n) is 5.90. The second-order valence-corrected chi connectivity index (χ2v) is 3.76. The summed E-state index contributed by atoms with van der Waals surface area (Å²) in [6.07, 6.45) is 7.36. The zero-order valence-electron chi connectivity index (χ0n) is 10.7. The fraction of sp³-hybridized carbons (Fsp3) is 0.538. The highest BCUT2D eigenvalue weighted by Gasteiger charge is 2.07. The first kappa shape index (κ1) is 13.3. The Morgan fingerprint density at radius 1 is 1.47 bits per heavy atom. The monoisotopic (exact) mass is 233 g/mol. The van der Waals surface area contributed by atoms with Gasteiger partial charge in [0.15, 0.2) is 0 Å². The van der Waals surface area contributed by atoms with Crippen LogP contribution in [0.25, 0.3) is 0 Å². The fourth-order valence-corrected chi connectivity index (χ4v) is 1.47. The Morgan fingerprint density at radius 2 is 2.24 bits per heavy atom. The van der Waals surface area contributed by atoms with Gasteiger partial charge < -0.3 is 10.1 Å². The molecule has 92 valence electrons. The molecule has 0 saturated carbocycles. The van der Waals surface area contributed by atoms with Crippen molar-refractivity contribution in [2.24, 2.45) is 0 Å². The number of anilines is 1. The van der Waals surface area contributed by atoms with Gasteiger partial charge in [-0.3, -0.25) is 0 Å². The summed E-state index contributed by atoms with van der Waals surface area (Å²) < 4.78 is 5.36. The number of nitrogens with one attached hydrogen (secondary N) is 1. The van der Waals surface area contributed by atoms with Gasteiger partial charge in [0, 0.05) is 11.8 Å². The number of aryl methyl sites for hydroxylation is 1. The molecule has 0 spiro atoms. The Hall–Kier alpha value is -1.76. The van der Waals surface area contributed by atoms with E-state index in [0.717, 1.165) is 18.5 Å². The van der Waals surface area contributed by atoms with Crippen molar-refractivity contribution >= 4 is 5.95 Å². The van der Waals surface area contributed by atoms with Gasteiger partial charge in [0.2, 0.25) is 11.8 Å². The van der Waals surface area contributed by atoms with Crippen LogP contribution in [0, 0.1) is 19.3 Å². The van der Waals surface area contributed by atoms with Crippen LogP contribution in [0.3, 0.4) is 0 Å². The van der Waals surface area contributed by atoms with Crippen LogP contribution < -0.4 is 10.1 Å². The van der Waals surface area contributed by atoms with Gasteiger partial charge in [-0.25, -0.2) is 4.98 Å². The van der Waals surface area contributed by atoms with Crippen molar-refractivity contribution in [3.05, 3.63) is 11.8 Å². The summed E-state index contributed by atoms with van der Waals surface area (Å²) in [7, 11) is 0. The number of terminal acetylenes is 1. The van der Waals surface area contributed by atoms with Crippen LogP contribution in [0.4, 0.5) is 5.95 Å². The normalized spacial score (nSPS) is 11.6. The van der Waals surface area contributed by atoms with Gasteiger partial charge >= 0.3 is 0 Å². The molecule has 0 aliphatic carbocycles. The molecule has 1 atom stereocenters. The molecule has 0 aliphatic rings. The predicted molar refractivity (Wildman–Crippen MR) is 69.1 cm³/mol. The van der Waals surface area contributed by atoms with Gasteiger partial charge in [-0.2, -0.15) is 4.98 Å². The average Bonchev–Trinajstić information content (AvgIpc) is 2.28. The van der Waals surface area contributed by atoms with Gasteiger partial charge in [-0.15, -0.1) is 6.42 Å². The molecule has 1 aromatic heterocycles. The lowest BCUT2D eigenvalue weighted by Gasteiger charge is -2.13. The van der Waals surface area contributed by atoms with E-state index >= 15 is 0 Å². The summed E-state index contributed by atoms with van der Waals surface area (Å²) in [5.41, 5.74) is 0.859. The van der Waals surface area contributed by atoms with Gasteiger partial charge in [-0.05, 0) is 20.3 Å². The number of hydrogen-bond acceptors (Lipinski definition) is 4. The molecule has 1 aromatic rings. The highest BCUT2D eigenvalue weighted by Crippen LogP contribution is 2.13.